The first-order valence-electron chi connectivity index (χ1n) is 5.90. The molecule has 0 aromatic heterocycles. The Morgan fingerprint density at radius 3 is 2.69 bits per heavy atom. The third-order valence-corrected chi connectivity index (χ3v) is 4.61. The van der Waals surface area contributed by atoms with Crippen LogP contribution in [0.25, 0.3) is 0 Å². The van der Waals surface area contributed by atoms with E-state index in [1.165, 1.54) is 28.2 Å². The summed E-state index contributed by atoms with van der Waals surface area (Å²) < 4.78 is 0. The summed E-state index contributed by atoms with van der Waals surface area (Å²) in [5.41, 5.74) is 4.48. The minimum Gasteiger partial charge on any atom is -0.303 e. The van der Waals surface area contributed by atoms with Gasteiger partial charge in [-0.3, -0.25) is 0 Å². The lowest BCUT2D eigenvalue weighted by Crippen LogP contribution is -2.48. The molecule has 1 unspecified atom stereocenters. The van der Waals surface area contributed by atoms with Crippen LogP contribution in [0.3, 0.4) is 0 Å². The van der Waals surface area contributed by atoms with Gasteiger partial charge in [0, 0.05) is 23.1 Å². The number of benzene rings is 1. The Hall–Kier alpha value is -0.470. The molecule has 1 fully saturated rings. The number of thioether (sulfide) groups is 1. The fourth-order valence-corrected chi connectivity index (χ4v) is 3.58. The van der Waals surface area contributed by atoms with Crippen molar-refractivity contribution < 1.29 is 0 Å². The van der Waals surface area contributed by atoms with Crippen molar-refractivity contribution in [1.29, 1.82) is 0 Å². The van der Waals surface area contributed by atoms with Crippen LogP contribution in [0, 0.1) is 13.8 Å². The number of hydrogen-bond acceptors (Lipinski definition) is 2. The average Bonchev–Trinajstić information content (AvgIpc) is 2.15. The molecule has 16 heavy (non-hydrogen) atoms. The summed E-state index contributed by atoms with van der Waals surface area (Å²) in [5, 5.41) is 3.75. The maximum atomic E-state index is 3.75. The van der Waals surface area contributed by atoms with Gasteiger partial charge in [0.05, 0.1) is 0 Å². The van der Waals surface area contributed by atoms with Crippen molar-refractivity contribution in [3.63, 3.8) is 0 Å². The maximum Gasteiger partial charge on any atom is 0.0418 e. The number of aryl methyl sites for hydroxylation is 2. The molecular weight excluding hydrogens is 214 g/mol. The predicted molar refractivity (Wildman–Crippen MR) is 73.2 cm³/mol. The van der Waals surface area contributed by atoms with Crippen molar-refractivity contribution in [2.75, 3.05) is 11.5 Å². The van der Waals surface area contributed by atoms with Gasteiger partial charge in [0.15, 0.2) is 0 Å². The summed E-state index contributed by atoms with van der Waals surface area (Å²) in [6.07, 6.45) is 0. The van der Waals surface area contributed by atoms with Gasteiger partial charge in [0.1, 0.15) is 0 Å². The summed E-state index contributed by atoms with van der Waals surface area (Å²) >= 11 is 2.06. The molecular formula is C14H21NS. The third-order valence-electron chi connectivity index (χ3n) is 3.11. The first-order valence-corrected chi connectivity index (χ1v) is 7.06. The van der Waals surface area contributed by atoms with Crippen molar-refractivity contribution >= 4 is 11.8 Å². The normalized spacial score (nSPS) is 24.4. The number of hydrogen-bond donors (Lipinski definition) is 1. The second-order valence-electron chi connectivity index (χ2n) is 5.46. The lowest BCUT2D eigenvalue weighted by molar-refractivity contribution is 0.375. The molecule has 0 radical (unpaired) electrons. The zero-order chi connectivity index (χ0) is 11.8. The van der Waals surface area contributed by atoms with Crippen molar-refractivity contribution in [2.45, 2.75) is 39.3 Å². The van der Waals surface area contributed by atoms with Gasteiger partial charge in [-0.15, -0.1) is 0 Å². The molecule has 1 aromatic carbocycles. The van der Waals surface area contributed by atoms with Crippen molar-refractivity contribution in [1.82, 2.24) is 5.32 Å². The quantitative estimate of drug-likeness (QED) is 0.800. The van der Waals surface area contributed by atoms with Gasteiger partial charge in [-0.05, 0) is 38.8 Å². The largest absolute Gasteiger partial charge is 0.303 e. The van der Waals surface area contributed by atoms with Gasteiger partial charge in [0.2, 0.25) is 0 Å². The number of nitrogens with one attached hydrogen (secondary N) is 1. The fraction of sp³-hybridized carbons (Fsp3) is 0.571. The summed E-state index contributed by atoms with van der Waals surface area (Å²) in [7, 11) is 0. The van der Waals surface area contributed by atoms with Crippen LogP contribution in [-0.4, -0.2) is 17.0 Å². The van der Waals surface area contributed by atoms with Crippen LogP contribution in [0.2, 0.25) is 0 Å². The van der Waals surface area contributed by atoms with E-state index in [0.29, 0.717) is 6.04 Å². The highest BCUT2D eigenvalue weighted by Gasteiger charge is 2.28. The van der Waals surface area contributed by atoms with Crippen LogP contribution < -0.4 is 5.32 Å². The van der Waals surface area contributed by atoms with Crippen molar-refractivity contribution in [3.05, 3.63) is 34.9 Å². The summed E-state index contributed by atoms with van der Waals surface area (Å²) in [5.74, 6) is 2.39. The SMILES string of the molecule is Cc1ccc(C2CSCC(C)(C)N2)c(C)c1. The molecule has 0 aliphatic carbocycles. The first-order chi connectivity index (χ1) is 7.48. The predicted octanol–water partition coefficient (Wildman–Crippen LogP) is 3.46. The lowest BCUT2D eigenvalue weighted by atomic mass is 9.97. The van der Waals surface area contributed by atoms with Crippen LogP contribution in [0.5, 0.6) is 0 Å². The highest BCUT2D eigenvalue weighted by molar-refractivity contribution is 7.99. The molecule has 88 valence electrons. The Balaban J connectivity index is 2.23. The summed E-state index contributed by atoms with van der Waals surface area (Å²) in [6, 6.07) is 7.29. The maximum absolute atomic E-state index is 3.75. The molecule has 1 saturated heterocycles. The topological polar surface area (TPSA) is 12.0 Å². The Morgan fingerprint density at radius 1 is 1.31 bits per heavy atom. The van der Waals surface area contributed by atoms with E-state index in [2.05, 4.69) is 63.0 Å². The Bertz CT molecular complexity index is 384. The van der Waals surface area contributed by atoms with Crippen LogP contribution in [0.1, 0.15) is 36.6 Å². The van der Waals surface area contributed by atoms with Gasteiger partial charge in [0.25, 0.3) is 0 Å². The standard InChI is InChI=1S/C14H21NS/c1-10-5-6-12(11(2)7-10)13-8-16-9-14(3,4)15-13/h5-7,13,15H,8-9H2,1-4H3. The molecule has 1 N–H and O–H groups in total. The molecule has 1 nitrogen and oxygen atoms in total. The average molecular weight is 235 g/mol. The first kappa shape index (κ1) is 12.0. The Morgan fingerprint density at radius 2 is 2.06 bits per heavy atom. The van der Waals surface area contributed by atoms with E-state index in [1.54, 1.807) is 0 Å². The number of rotatable bonds is 1. The minimum atomic E-state index is 0.255. The van der Waals surface area contributed by atoms with Gasteiger partial charge in [-0.1, -0.05) is 23.8 Å². The summed E-state index contributed by atoms with van der Waals surface area (Å²) in [6.45, 7) is 8.95. The molecule has 0 saturated carbocycles. The zero-order valence-corrected chi connectivity index (χ0v) is 11.4. The minimum absolute atomic E-state index is 0.255. The van der Waals surface area contributed by atoms with E-state index in [-0.39, 0.29) is 5.54 Å². The van der Waals surface area contributed by atoms with Crippen LogP contribution in [-0.2, 0) is 0 Å². The highest BCUT2D eigenvalue weighted by Crippen LogP contribution is 2.30. The highest BCUT2D eigenvalue weighted by atomic mass is 32.2. The molecule has 1 heterocycles. The van der Waals surface area contributed by atoms with E-state index in [9.17, 15) is 0 Å². The molecule has 0 amide bonds. The van der Waals surface area contributed by atoms with Gasteiger partial charge in [-0.2, -0.15) is 11.8 Å². The van der Waals surface area contributed by atoms with Crippen molar-refractivity contribution in [3.8, 4) is 0 Å². The molecule has 1 atom stereocenters. The van der Waals surface area contributed by atoms with E-state index >= 15 is 0 Å². The van der Waals surface area contributed by atoms with E-state index < -0.39 is 0 Å². The third kappa shape index (κ3) is 2.61. The van der Waals surface area contributed by atoms with Gasteiger partial charge >= 0.3 is 0 Å². The smallest absolute Gasteiger partial charge is 0.0418 e. The molecule has 2 heteroatoms. The molecule has 2 rings (SSSR count). The summed E-state index contributed by atoms with van der Waals surface area (Å²) in [4.78, 5) is 0. The van der Waals surface area contributed by atoms with E-state index in [4.69, 9.17) is 0 Å². The van der Waals surface area contributed by atoms with E-state index in [0.717, 1.165) is 0 Å². The Labute approximate surface area is 103 Å². The molecule has 0 spiro atoms. The van der Waals surface area contributed by atoms with Crippen molar-refractivity contribution in [2.24, 2.45) is 0 Å². The van der Waals surface area contributed by atoms with E-state index in [1.807, 2.05) is 0 Å². The zero-order valence-electron chi connectivity index (χ0n) is 10.6. The second-order valence-corrected chi connectivity index (χ2v) is 6.49. The Kier molecular flexibility index (Phi) is 3.32. The molecule has 1 aliphatic heterocycles. The molecule has 0 bridgehead atoms. The van der Waals surface area contributed by atoms with Gasteiger partial charge in [-0.25, -0.2) is 0 Å². The molecule has 1 aromatic rings. The van der Waals surface area contributed by atoms with Crippen LogP contribution in [0.15, 0.2) is 18.2 Å². The van der Waals surface area contributed by atoms with Gasteiger partial charge < -0.3 is 5.32 Å². The lowest BCUT2D eigenvalue weighted by Gasteiger charge is -2.37. The monoisotopic (exact) mass is 235 g/mol. The van der Waals surface area contributed by atoms with Crippen LogP contribution >= 0.6 is 11.8 Å². The molecule has 1 aliphatic rings. The van der Waals surface area contributed by atoms with Crippen LogP contribution in [0.4, 0.5) is 0 Å². The fourth-order valence-electron chi connectivity index (χ4n) is 2.37. The second kappa shape index (κ2) is 4.42.